The van der Waals surface area contributed by atoms with Gasteiger partial charge in [-0.3, -0.25) is 4.98 Å². The molecule has 0 amide bonds. The summed E-state index contributed by atoms with van der Waals surface area (Å²) in [5.74, 6) is -0.276. The molecule has 1 aromatic carbocycles. The Morgan fingerprint density at radius 3 is 2.63 bits per heavy atom. The lowest BCUT2D eigenvalue weighted by Gasteiger charge is -2.18. The highest BCUT2D eigenvalue weighted by molar-refractivity contribution is 6.30. The first kappa shape index (κ1) is 14.0. The SMILES string of the molecule is CCNC(Cc1ccc(Cl)cc1)c1ncccc1F. The van der Waals surface area contributed by atoms with Crippen molar-refractivity contribution in [3.8, 4) is 0 Å². The van der Waals surface area contributed by atoms with Crippen LogP contribution in [0, 0.1) is 5.82 Å². The van der Waals surface area contributed by atoms with Gasteiger partial charge in [0.2, 0.25) is 0 Å². The van der Waals surface area contributed by atoms with E-state index in [4.69, 9.17) is 11.6 Å². The van der Waals surface area contributed by atoms with Gasteiger partial charge in [0.1, 0.15) is 5.82 Å². The van der Waals surface area contributed by atoms with Crippen LogP contribution in [-0.4, -0.2) is 11.5 Å². The van der Waals surface area contributed by atoms with Crippen LogP contribution in [0.4, 0.5) is 4.39 Å². The molecule has 2 rings (SSSR count). The maximum Gasteiger partial charge on any atom is 0.146 e. The monoisotopic (exact) mass is 278 g/mol. The minimum absolute atomic E-state index is 0.132. The number of nitrogens with one attached hydrogen (secondary N) is 1. The van der Waals surface area contributed by atoms with E-state index in [1.54, 1.807) is 12.3 Å². The second-order valence-electron chi connectivity index (χ2n) is 4.31. The van der Waals surface area contributed by atoms with Crippen LogP contribution in [0.25, 0.3) is 0 Å². The Balaban J connectivity index is 2.21. The Labute approximate surface area is 117 Å². The van der Waals surface area contributed by atoms with Crippen LogP contribution in [0.2, 0.25) is 5.02 Å². The number of rotatable bonds is 5. The number of pyridine rings is 1. The molecular weight excluding hydrogens is 263 g/mol. The number of nitrogens with zero attached hydrogens (tertiary/aromatic N) is 1. The van der Waals surface area contributed by atoms with Crippen molar-refractivity contribution in [2.24, 2.45) is 0 Å². The number of aromatic nitrogens is 1. The average molecular weight is 279 g/mol. The van der Waals surface area contributed by atoms with Crippen molar-refractivity contribution in [1.82, 2.24) is 10.3 Å². The Hall–Kier alpha value is -1.45. The van der Waals surface area contributed by atoms with E-state index in [9.17, 15) is 4.39 Å². The summed E-state index contributed by atoms with van der Waals surface area (Å²) in [6.07, 6.45) is 2.30. The van der Waals surface area contributed by atoms with Gasteiger partial charge in [0.25, 0.3) is 0 Å². The second-order valence-corrected chi connectivity index (χ2v) is 4.75. The summed E-state index contributed by atoms with van der Waals surface area (Å²) >= 11 is 5.86. The molecule has 0 radical (unpaired) electrons. The first-order valence-electron chi connectivity index (χ1n) is 6.29. The van der Waals surface area contributed by atoms with Crippen LogP contribution >= 0.6 is 11.6 Å². The molecule has 1 heterocycles. The molecule has 1 N–H and O–H groups in total. The van der Waals surface area contributed by atoms with Gasteiger partial charge in [0.15, 0.2) is 0 Å². The van der Waals surface area contributed by atoms with Crippen LogP contribution < -0.4 is 5.32 Å². The second kappa shape index (κ2) is 6.64. The zero-order chi connectivity index (χ0) is 13.7. The molecule has 2 nitrogen and oxygen atoms in total. The summed E-state index contributed by atoms with van der Waals surface area (Å²) in [4.78, 5) is 4.15. The summed E-state index contributed by atoms with van der Waals surface area (Å²) in [5, 5.41) is 3.97. The summed E-state index contributed by atoms with van der Waals surface area (Å²) < 4.78 is 13.8. The fourth-order valence-corrected chi connectivity index (χ4v) is 2.15. The molecule has 1 unspecified atom stereocenters. The molecule has 0 saturated carbocycles. The first-order chi connectivity index (χ1) is 9.20. The third-order valence-corrected chi connectivity index (χ3v) is 3.17. The molecule has 4 heteroatoms. The maximum atomic E-state index is 13.8. The molecule has 0 fully saturated rings. The number of hydrogen-bond acceptors (Lipinski definition) is 2. The zero-order valence-electron chi connectivity index (χ0n) is 10.7. The van der Waals surface area contributed by atoms with Crippen LogP contribution in [-0.2, 0) is 6.42 Å². The van der Waals surface area contributed by atoms with E-state index in [0.29, 0.717) is 17.1 Å². The largest absolute Gasteiger partial charge is 0.309 e. The van der Waals surface area contributed by atoms with Crippen molar-refractivity contribution in [2.45, 2.75) is 19.4 Å². The Morgan fingerprint density at radius 1 is 1.26 bits per heavy atom. The zero-order valence-corrected chi connectivity index (χ0v) is 11.5. The Morgan fingerprint density at radius 2 is 2.00 bits per heavy atom. The topological polar surface area (TPSA) is 24.9 Å². The summed E-state index contributed by atoms with van der Waals surface area (Å²) in [6, 6.07) is 10.5. The van der Waals surface area contributed by atoms with Gasteiger partial charge in [-0.05, 0) is 42.8 Å². The minimum atomic E-state index is -0.276. The normalized spacial score (nSPS) is 12.4. The lowest BCUT2D eigenvalue weighted by atomic mass is 10.0. The lowest BCUT2D eigenvalue weighted by molar-refractivity contribution is 0.494. The van der Waals surface area contributed by atoms with Gasteiger partial charge in [-0.25, -0.2) is 4.39 Å². The minimum Gasteiger partial charge on any atom is -0.309 e. The number of halogens is 2. The van der Waals surface area contributed by atoms with Gasteiger partial charge in [0, 0.05) is 11.2 Å². The average Bonchev–Trinajstić information content (AvgIpc) is 2.41. The summed E-state index contributed by atoms with van der Waals surface area (Å²) in [7, 11) is 0. The number of likely N-dealkylation sites (N-methyl/N-ethyl adjacent to an activating group) is 1. The third kappa shape index (κ3) is 3.75. The molecule has 0 bridgehead atoms. The molecule has 19 heavy (non-hydrogen) atoms. The van der Waals surface area contributed by atoms with Gasteiger partial charge < -0.3 is 5.32 Å². The van der Waals surface area contributed by atoms with E-state index in [1.807, 2.05) is 31.2 Å². The highest BCUT2D eigenvalue weighted by atomic mass is 35.5. The van der Waals surface area contributed by atoms with E-state index >= 15 is 0 Å². The molecular formula is C15H16ClFN2. The molecule has 1 atom stereocenters. The van der Waals surface area contributed by atoms with E-state index < -0.39 is 0 Å². The highest BCUT2D eigenvalue weighted by Crippen LogP contribution is 2.20. The van der Waals surface area contributed by atoms with E-state index in [-0.39, 0.29) is 11.9 Å². The van der Waals surface area contributed by atoms with Gasteiger partial charge in [-0.15, -0.1) is 0 Å². The van der Waals surface area contributed by atoms with E-state index in [2.05, 4.69) is 10.3 Å². The standard InChI is InChI=1S/C15H16ClFN2/c1-2-18-14(15-13(17)4-3-9-19-15)10-11-5-7-12(16)8-6-11/h3-9,14,18H,2,10H2,1H3. The van der Waals surface area contributed by atoms with Crippen LogP contribution in [0.3, 0.4) is 0 Å². The molecule has 0 aliphatic rings. The first-order valence-corrected chi connectivity index (χ1v) is 6.66. The number of benzene rings is 1. The molecule has 0 spiro atoms. The molecule has 2 aromatic rings. The molecule has 0 aliphatic heterocycles. The van der Waals surface area contributed by atoms with Crippen molar-refractivity contribution >= 4 is 11.6 Å². The van der Waals surface area contributed by atoms with Crippen LogP contribution in [0.15, 0.2) is 42.6 Å². The van der Waals surface area contributed by atoms with Gasteiger partial charge in [-0.2, -0.15) is 0 Å². The quantitative estimate of drug-likeness (QED) is 0.901. The van der Waals surface area contributed by atoms with Crippen LogP contribution in [0.5, 0.6) is 0 Å². The number of hydrogen-bond donors (Lipinski definition) is 1. The Bertz CT molecular complexity index is 528. The maximum absolute atomic E-state index is 13.8. The van der Waals surface area contributed by atoms with Crippen LogP contribution in [0.1, 0.15) is 24.2 Å². The fourth-order valence-electron chi connectivity index (χ4n) is 2.02. The van der Waals surface area contributed by atoms with Gasteiger partial charge in [0.05, 0.1) is 11.7 Å². The molecule has 100 valence electrons. The predicted octanol–water partition coefficient (Wildman–Crippen LogP) is 3.77. The Kier molecular flexibility index (Phi) is 4.88. The van der Waals surface area contributed by atoms with Crippen molar-refractivity contribution in [2.75, 3.05) is 6.54 Å². The van der Waals surface area contributed by atoms with Gasteiger partial charge in [-0.1, -0.05) is 30.7 Å². The lowest BCUT2D eigenvalue weighted by Crippen LogP contribution is -2.25. The summed E-state index contributed by atoms with van der Waals surface area (Å²) in [6.45, 7) is 2.75. The molecule has 0 aliphatic carbocycles. The molecule has 0 saturated heterocycles. The fraction of sp³-hybridized carbons (Fsp3) is 0.267. The summed E-state index contributed by atoms with van der Waals surface area (Å²) in [5.41, 5.74) is 1.56. The van der Waals surface area contributed by atoms with E-state index in [1.165, 1.54) is 6.07 Å². The van der Waals surface area contributed by atoms with Crippen molar-refractivity contribution in [1.29, 1.82) is 0 Å². The highest BCUT2D eigenvalue weighted by Gasteiger charge is 2.16. The van der Waals surface area contributed by atoms with Crippen molar-refractivity contribution < 1.29 is 4.39 Å². The van der Waals surface area contributed by atoms with Gasteiger partial charge >= 0.3 is 0 Å². The predicted molar refractivity (Wildman–Crippen MR) is 75.8 cm³/mol. The molecule has 1 aromatic heterocycles. The van der Waals surface area contributed by atoms with Crippen molar-refractivity contribution in [3.63, 3.8) is 0 Å². The smallest absolute Gasteiger partial charge is 0.146 e. The van der Waals surface area contributed by atoms with E-state index in [0.717, 1.165) is 12.1 Å². The third-order valence-electron chi connectivity index (χ3n) is 2.92. The van der Waals surface area contributed by atoms with Crippen molar-refractivity contribution in [3.05, 3.63) is 64.7 Å².